The van der Waals surface area contributed by atoms with E-state index >= 15 is 0 Å². The predicted octanol–water partition coefficient (Wildman–Crippen LogP) is 2.09. The molecule has 0 unspecified atom stereocenters. The highest BCUT2D eigenvalue weighted by Crippen LogP contribution is 2.20. The molecule has 4 heteroatoms. The van der Waals surface area contributed by atoms with E-state index in [-0.39, 0.29) is 5.69 Å². The van der Waals surface area contributed by atoms with Crippen LogP contribution < -0.4 is 5.69 Å². The molecule has 0 bridgehead atoms. The second-order valence-electron chi connectivity index (χ2n) is 2.82. The van der Waals surface area contributed by atoms with Crippen molar-refractivity contribution in [3.8, 4) is 11.1 Å². The highest BCUT2D eigenvalue weighted by atomic mass is 35.5. The van der Waals surface area contributed by atoms with Crippen LogP contribution in [0.15, 0.2) is 41.5 Å². The number of nitrogens with zero attached hydrogens (tertiary/aromatic N) is 1. The number of rotatable bonds is 1. The number of hydrogen-bond acceptors (Lipinski definition) is 2. The van der Waals surface area contributed by atoms with Crippen LogP contribution in [-0.2, 0) is 0 Å². The van der Waals surface area contributed by atoms with Gasteiger partial charge in [0.05, 0.1) is 0 Å². The van der Waals surface area contributed by atoms with Crippen molar-refractivity contribution in [3.05, 3.63) is 52.2 Å². The van der Waals surface area contributed by atoms with Gasteiger partial charge in [0.2, 0.25) is 0 Å². The van der Waals surface area contributed by atoms with E-state index in [0.717, 1.165) is 11.1 Å². The Hall–Kier alpha value is -1.61. The summed E-state index contributed by atoms with van der Waals surface area (Å²) in [5.74, 6) is 0. The van der Waals surface area contributed by atoms with Gasteiger partial charge in [-0.2, -0.15) is 0 Å². The fourth-order valence-corrected chi connectivity index (χ4v) is 1.36. The maximum Gasteiger partial charge on any atom is 0.344 e. The standard InChI is InChI=1S/C10H7ClN2O/c11-9-3-1-2-7(4-9)8-5-12-10(14)13-6-8/h1-6H,(H,12,13,14). The Morgan fingerprint density at radius 2 is 2.14 bits per heavy atom. The lowest BCUT2D eigenvalue weighted by molar-refractivity contribution is 1.08. The van der Waals surface area contributed by atoms with Gasteiger partial charge in [0.1, 0.15) is 0 Å². The van der Waals surface area contributed by atoms with Crippen molar-refractivity contribution in [2.45, 2.75) is 0 Å². The Bertz CT molecular complexity index is 487. The van der Waals surface area contributed by atoms with Gasteiger partial charge in [0.25, 0.3) is 0 Å². The zero-order valence-corrected chi connectivity index (χ0v) is 7.95. The van der Waals surface area contributed by atoms with Crippen LogP contribution in [0, 0.1) is 0 Å². The monoisotopic (exact) mass is 206 g/mol. The molecule has 0 fully saturated rings. The largest absolute Gasteiger partial charge is 0.344 e. The minimum atomic E-state index is -0.351. The third kappa shape index (κ3) is 1.83. The number of aromatic amines is 1. The second kappa shape index (κ2) is 3.64. The van der Waals surface area contributed by atoms with E-state index in [0.29, 0.717) is 5.02 Å². The highest BCUT2D eigenvalue weighted by Gasteiger charge is 1.98. The molecule has 0 saturated carbocycles. The van der Waals surface area contributed by atoms with Crippen molar-refractivity contribution < 1.29 is 0 Å². The Labute approximate surface area is 85.4 Å². The number of halogens is 1. The van der Waals surface area contributed by atoms with Crippen molar-refractivity contribution in [1.82, 2.24) is 9.97 Å². The number of benzene rings is 1. The van der Waals surface area contributed by atoms with Gasteiger partial charge in [0.15, 0.2) is 0 Å². The van der Waals surface area contributed by atoms with Gasteiger partial charge in [-0.05, 0) is 17.7 Å². The molecular formula is C10H7ClN2O. The molecule has 3 nitrogen and oxygen atoms in total. The van der Waals surface area contributed by atoms with Gasteiger partial charge in [-0.25, -0.2) is 9.78 Å². The number of nitrogens with one attached hydrogen (secondary N) is 1. The van der Waals surface area contributed by atoms with Crippen molar-refractivity contribution >= 4 is 11.6 Å². The summed E-state index contributed by atoms with van der Waals surface area (Å²) in [5.41, 5.74) is 1.42. The van der Waals surface area contributed by atoms with E-state index in [1.807, 2.05) is 18.2 Å². The number of H-pyrrole nitrogens is 1. The summed E-state index contributed by atoms with van der Waals surface area (Å²) in [4.78, 5) is 16.9. The van der Waals surface area contributed by atoms with Crippen LogP contribution in [0.1, 0.15) is 0 Å². The zero-order chi connectivity index (χ0) is 9.97. The fourth-order valence-electron chi connectivity index (χ4n) is 1.17. The molecule has 1 aromatic heterocycles. The second-order valence-corrected chi connectivity index (χ2v) is 3.25. The van der Waals surface area contributed by atoms with E-state index in [4.69, 9.17) is 11.6 Å². The molecule has 14 heavy (non-hydrogen) atoms. The summed E-state index contributed by atoms with van der Waals surface area (Å²) in [6, 6.07) is 7.37. The first-order chi connectivity index (χ1) is 6.75. The summed E-state index contributed by atoms with van der Waals surface area (Å²) >= 11 is 5.83. The first-order valence-electron chi connectivity index (χ1n) is 4.06. The van der Waals surface area contributed by atoms with Crippen LogP contribution in [0.25, 0.3) is 11.1 Å². The summed E-state index contributed by atoms with van der Waals surface area (Å²) in [6.07, 6.45) is 3.13. The minimum Gasteiger partial charge on any atom is -0.312 e. The van der Waals surface area contributed by atoms with Crippen molar-refractivity contribution in [2.75, 3.05) is 0 Å². The van der Waals surface area contributed by atoms with Crippen LogP contribution in [-0.4, -0.2) is 9.97 Å². The summed E-state index contributed by atoms with van der Waals surface area (Å²) in [6.45, 7) is 0. The lowest BCUT2D eigenvalue weighted by atomic mass is 10.1. The Balaban J connectivity index is 2.49. The van der Waals surface area contributed by atoms with Gasteiger partial charge in [-0.15, -0.1) is 0 Å². The normalized spacial score (nSPS) is 10.1. The van der Waals surface area contributed by atoms with Crippen molar-refractivity contribution in [1.29, 1.82) is 0 Å². The minimum absolute atomic E-state index is 0.351. The smallest absolute Gasteiger partial charge is 0.312 e. The Kier molecular flexibility index (Phi) is 2.33. The van der Waals surface area contributed by atoms with Crippen LogP contribution in [0.5, 0.6) is 0 Å². The van der Waals surface area contributed by atoms with Gasteiger partial charge >= 0.3 is 5.69 Å². The molecule has 0 saturated heterocycles. The van der Waals surface area contributed by atoms with Crippen LogP contribution in [0.4, 0.5) is 0 Å². The third-order valence-corrected chi connectivity index (χ3v) is 2.07. The highest BCUT2D eigenvalue weighted by molar-refractivity contribution is 6.30. The molecule has 1 aromatic carbocycles. The first-order valence-corrected chi connectivity index (χ1v) is 4.44. The van der Waals surface area contributed by atoms with Gasteiger partial charge in [0, 0.05) is 23.0 Å². The number of aromatic nitrogens is 2. The number of hydrogen-bond donors (Lipinski definition) is 1. The van der Waals surface area contributed by atoms with E-state index < -0.39 is 0 Å². The molecule has 1 heterocycles. The van der Waals surface area contributed by atoms with E-state index in [1.165, 1.54) is 6.20 Å². The molecule has 2 rings (SSSR count). The van der Waals surface area contributed by atoms with Gasteiger partial charge < -0.3 is 4.98 Å². The Morgan fingerprint density at radius 3 is 2.79 bits per heavy atom. The van der Waals surface area contributed by atoms with Gasteiger partial charge in [-0.3, -0.25) is 0 Å². The zero-order valence-electron chi connectivity index (χ0n) is 7.20. The SMILES string of the molecule is O=c1ncc(-c2cccc(Cl)c2)c[nH]1. The average molecular weight is 207 g/mol. The molecule has 0 aliphatic rings. The summed E-state index contributed by atoms with van der Waals surface area (Å²) < 4.78 is 0. The predicted molar refractivity (Wildman–Crippen MR) is 55.3 cm³/mol. The summed E-state index contributed by atoms with van der Waals surface area (Å²) in [5, 5.41) is 0.661. The molecule has 70 valence electrons. The molecule has 0 spiro atoms. The topological polar surface area (TPSA) is 45.8 Å². The maximum absolute atomic E-state index is 10.7. The molecule has 0 aliphatic carbocycles. The quantitative estimate of drug-likeness (QED) is 0.777. The van der Waals surface area contributed by atoms with E-state index in [1.54, 1.807) is 12.3 Å². The maximum atomic E-state index is 10.7. The Morgan fingerprint density at radius 1 is 1.29 bits per heavy atom. The lowest BCUT2D eigenvalue weighted by Gasteiger charge is -1.99. The van der Waals surface area contributed by atoms with Crippen LogP contribution in [0.3, 0.4) is 0 Å². The van der Waals surface area contributed by atoms with Gasteiger partial charge in [-0.1, -0.05) is 23.7 Å². The molecule has 0 radical (unpaired) electrons. The van der Waals surface area contributed by atoms with Crippen molar-refractivity contribution in [2.24, 2.45) is 0 Å². The molecular weight excluding hydrogens is 200 g/mol. The third-order valence-electron chi connectivity index (χ3n) is 1.83. The lowest BCUT2D eigenvalue weighted by Crippen LogP contribution is -2.07. The molecule has 0 aliphatic heterocycles. The average Bonchev–Trinajstić information content (AvgIpc) is 2.19. The molecule has 2 aromatic rings. The van der Waals surface area contributed by atoms with E-state index in [9.17, 15) is 4.79 Å². The molecule has 0 amide bonds. The summed E-state index contributed by atoms with van der Waals surface area (Å²) in [7, 11) is 0. The van der Waals surface area contributed by atoms with E-state index in [2.05, 4.69) is 9.97 Å². The first kappa shape index (κ1) is 8.97. The van der Waals surface area contributed by atoms with Crippen LogP contribution >= 0.6 is 11.6 Å². The van der Waals surface area contributed by atoms with Crippen molar-refractivity contribution in [3.63, 3.8) is 0 Å². The molecule has 0 atom stereocenters. The molecule has 1 N–H and O–H groups in total. The fraction of sp³-hybridized carbons (Fsp3) is 0. The van der Waals surface area contributed by atoms with Crippen LogP contribution in [0.2, 0.25) is 5.02 Å².